The zero-order valence-electron chi connectivity index (χ0n) is 13.7. The van der Waals surface area contributed by atoms with E-state index >= 15 is 0 Å². The maximum Gasteiger partial charge on any atom is 0.256 e. The molecule has 1 N–H and O–H groups in total. The van der Waals surface area contributed by atoms with Crippen molar-refractivity contribution in [1.82, 2.24) is 10.2 Å². The lowest BCUT2D eigenvalue weighted by molar-refractivity contribution is 0.102. The predicted molar refractivity (Wildman–Crippen MR) is 91.7 cm³/mol. The molecule has 2 aromatic rings. The molecule has 0 saturated carbocycles. The average molecular weight is 328 g/mol. The fourth-order valence-corrected chi connectivity index (χ4v) is 3.09. The van der Waals surface area contributed by atoms with Crippen molar-refractivity contribution in [2.45, 2.75) is 38.6 Å². The van der Waals surface area contributed by atoms with Gasteiger partial charge in [0.15, 0.2) is 11.6 Å². The normalized spacial score (nSPS) is 17.6. The summed E-state index contributed by atoms with van der Waals surface area (Å²) >= 11 is 0. The fourth-order valence-electron chi connectivity index (χ4n) is 3.09. The number of hydrogen-bond acceptors (Lipinski definition) is 4. The summed E-state index contributed by atoms with van der Waals surface area (Å²) in [6.45, 7) is 3.17. The molecule has 2 heterocycles. The van der Waals surface area contributed by atoms with E-state index in [1.54, 1.807) is 12.1 Å². The third-order valence-corrected chi connectivity index (χ3v) is 4.37. The highest BCUT2D eigenvalue weighted by atomic mass is 19.1. The van der Waals surface area contributed by atoms with Crippen molar-refractivity contribution >= 4 is 17.5 Å². The summed E-state index contributed by atoms with van der Waals surface area (Å²) in [5.74, 6) is 0.351. The molecule has 6 heteroatoms. The van der Waals surface area contributed by atoms with E-state index in [0.29, 0.717) is 11.9 Å². The molecule has 1 amide bonds. The molecule has 1 aromatic heterocycles. The van der Waals surface area contributed by atoms with Gasteiger partial charge in [-0.05, 0) is 56.0 Å². The molecule has 1 aliphatic heterocycles. The molecule has 24 heavy (non-hydrogen) atoms. The highest BCUT2D eigenvalue weighted by Gasteiger charge is 2.22. The summed E-state index contributed by atoms with van der Waals surface area (Å²) in [6.07, 6.45) is 4.68. The van der Waals surface area contributed by atoms with Crippen LogP contribution in [0.2, 0.25) is 0 Å². The number of benzene rings is 1. The molecular formula is C18H21FN4O. The first-order chi connectivity index (χ1) is 11.7. The number of halogens is 1. The second-order valence-electron chi connectivity index (χ2n) is 5.99. The standard InChI is InChI=1S/C18H21FN4O/c1-2-15-8-3-4-11-23(15)17-10-9-16(21-22-17)20-18(24)13-6-5-7-14(19)12-13/h5-7,9-10,12,15H,2-4,8,11H2,1H3,(H,20,21,24). The summed E-state index contributed by atoms with van der Waals surface area (Å²) in [7, 11) is 0. The molecule has 1 aromatic carbocycles. The number of anilines is 2. The number of aromatic nitrogens is 2. The Bertz CT molecular complexity index is 704. The molecule has 0 aliphatic carbocycles. The third kappa shape index (κ3) is 3.69. The predicted octanol–water partition coefficient (Wildman–Crippen LogP) is 3.64. The summed E-state index contributed by atoms with van der Waals surface area (Å²) in [4.78, 5) is 14.4. The number of nitrogens with zero attached hydrogens (tertiary/aromatic N) is 3. The minimum Gasteiger partial charge on any atom is -0.352 e. The van der Waals surface area contributed by atoms with Crippen LogP contribution in [0, 0.1) is 5.82 Å². The van der Waals surface area contributed by atoms with E-state index in [4.69, 9.17) is 0 Å². The van der Waals surface area contributed by atoms with Gasteiger partial charge in [-0.2, -0.15) is 0 Å². The van der Waals surface area contributed by atoms with Crippen molar-refractivity contribution in [1.29, 1.82) is 0 Å². The lowest BCUT2D eigenvalue weighted by atomic mass is 10.0. The van der Waals surface area contributed by atoms with E-state index in [1.807, 2.05) is 6.07 Å². The van der Waals surface area contributed by atoms with Crippen LogP contribution in [0.1, 0.15) is 43.0 Å². The van der Waals surface area contributed by atoms with E-state index in [9.17, 15) is 9.18 Å². The summed E-state index contributed by atoms with van der Waals surface area (Å²) in [5, 5.41) is 11.0. The number of amides is 1. The molecule has 1 fully saturated rings. The molecule has 1 atom stereocenters. The van der Waals surface area contributed by atoms with Gasteiger partial charge in [0.05, 0.1) is 0 Å². The number of carbonyl (C=O) groups excluding carboxylic acids is 1. The van der Waals surface area contributed by atoms with Gasteiger partial charge in [-0.15, -0.1) is 10.2 Å². The Labute approximate surface area is 140 Å². The lowest BCUT2D eigenvalue weighted by Gasteiger charge is -2.35. The summed E-state index contributed by atoms with van der Waals surface area (Å²) in [6, 6.07) is 9.66. The van der Waals surface area contributed by atoms with Crippen LogP contribution >= 0.6 is 0 Å². The smallest absolute Gasteiger partial charge is 0.256 e. The van der Waals surface area contributed by atoms with Gasteiger partial charge in [0.1, 0.15) is 5.82 Å². The van der Waals surface area contributed by atoms with Crippen LogP contribution in [-0.4, -0.2) is 28.7 Å². The van der Waals surface area contributed by atoms with Crippen LogP contribution < -0.4 is 10.2 Å². The largest absolute Gasteiger partial charge is 0.352 e. The highest BCUT2D eigenvalue weighted by molar-refractivity contribution is 6.03. The Morgan fingerprint density at radius 1 is 1.29 bits per heavy atom. The van der Waals surface area contributed by atoms with Gasteiger partial charge in [-0.25, -0.2) is 4.39 Å². The fraction of sp³-hybridized carbons (Fsp3) is 0.389. The molecule has 126 valence electrons. The summed E-state index contributed by atoms with van der Waals surface area (Å²) < 4.78 is 13.2. The molecule has 0 radical (unpaired) electrons. The summed E-state index contributed by atoms with van der Waals surface area (Å²) in [5.41, 5.74) is 0.253. The number of rotatable bonds is 4. The van der Waals surface area contributed by atoms with Gasteiger partial charge in [-0.3, -0.25) is 4.79 Å². The van der Waals surface area contributed by atoms with Crippen LogP contribution in [0.25, 0.3) is 0 Å². The average Bonchev–Trinajstić information content (AvgIpc) is 2.62. The van der Waals surface area contributed by atoms with Gasteiger partial charge in [-0.1, -0.05) is 13.0 Å². The van der Waals surface area contributed by atoms with Crippen LogP contribution in [-0.2, 0) is 0 Å². The SMILES string of the molecule is CCC1CCCCN1c1ccc(NC(=O)c2cccc(F)c2)nn1. The minimum absolute atomic E-state index is 0.253. The minimum atomic E-state index is -0.445. The van der Waals surface area contributed by atoms with Gasteiger partial charge < -0.3 is 10.2 Å². The Balaban J connectivity index is 1.69. The molecule has 3 rings (SSSR count). The van der Waals surface area contributed by atoms with E-state index in [2.05, 4.69) is 27.3 Å². The van der Waals surface area contributed by atoms with E-state index in [-0.39, 0.29) is 5.56 Å². The zero-order valence-corrected chi connectivity index (χ0v) is 13.7. The van der Waals surface area contributed by atoms with E-state index in [0.717, 1.165) is 25.2 Å². The van der Waals surface area contributed by atoms with Crippen molar-refractivity contribution < 1.29 is 9.18 Å². The van der Waals surface area contributed by atoms with Crippen LogP contribution in [0.15, 0.2) is 36.4 Å². The number of carbonyl (C=O) groups is 1. The third-order valence-electron chi connectivity index (χ3n) is 4.37. The quantitative estimate of drug-likeness (QED) is 0.931. The molecular weight excluding hydrogens is 307 g/mol. The van der Waals surface area contributed by atoms with Crippen LogP contribution in [0.5, 0.6) is 0 Å². The Morgan fingerprint density at radius 3 is 2.88 bits per heavy atom. The van der Waals surface area contributed by atoms with Gasteiger partial charge in [0.25, 0.3) is 5.91 Å². The van der Waals surface area contributed by atoms with Gasteiger partial charge >= 0.3 is 0 Å². The number of piperidine rings is 1. The molecule has 0 bridgehead atoms. The maximum atomic E-state index is 13.2. The van der Waals surface area contributed by atoms with Crippen molar-refractivity contribution in [3.05, 3.63) is 47.8 Å². The number of nitrogens with one attached hydrogen (secondary N) is 1. The van der Waals surface area contributed by atoms with E-state index < -0.39 is 11.7 Å². The Hall–Kier alpha value is -2.50. The molecule has 5 nitrogen and oxygen atoms in total. The molecule has 1 saturated heterocycles. The van der Waals surface area contributed by atoms with Crippen LogP contribution in [0.4, 0.5) is 16.0 Å². The molecule has 1 aliphatic rings. The van der Waals surface area contributed by atoms with Crippen LogP contribution in [0.3, 0.4) is 0 Å². The Kier molecular flexibility index (Phi) is 5.03. The maximum absolute atomic E-state index is 13.2. The first-order valence-electron chi connectivity index (χ1n) is 8.34. The van der Waals surface area contributed by atoms with Crippen molar-refractivity contribution in [2.75, 3.05) is 16.8 Å². The first kappa shape index (κ1) is 16.4. The second-order valence-corrected chi connectivity index (χ2v) is 5.99. The molecule has 0 spiro atoms. The van der Waals surface area contributed by atoms with Gasteiger partial charge in [0, 0.05) is 18.2 Å². The highest BCUT2D eigenvalue weighted by Crippen LogP contribution is 2.24. The zero-order chi connectivity index (χ0) is 16.9. The monoisotopic (exact) mass is 328 g/mol. The van der Waals surface area contributed by atoms with Crippen molar-refractivity contribution in [2.24, 2.45) is 0 Å². The number of hydrogen-bond donors (Lipinski definition) is 1. The molecule has 1 unspecified atom stereocenters. The van der Waals surface area contributed by atoms with Crippen molar-refractivity contribution in [3.63, 3.8) is 0 Å². The van der Waals surface area contributed by atoms with Crippen molar-refractivity contribution in [3.8, 4) is 0 Å². The second kappa shape index (κ2) is 7.38. The van der Waals surface area contributed by atoms with Gasteiger partial charge in [0.2, 0.25) is 0 Å². The topological polar surface area (TPSA) is 58.1 Å². The first-order valence-corrected chi connectivity index (χ1v) is 8.34. The van der Waals surface area contributed by atoms with E-state index in [1.165, 1.54) is 31.0 Å². The lowest BCUT2D eigenvalue weighted by Crippen LogP contribution is -2.39. The Morgan fingerprint density at radius 2 is 2.17 bits per heavy atom.